The van der Waals surface area contributed by atoms with Crippen LogP contribution in [0.25, 0.3) is 10.8 Å². The summed E-state index contributed by atoms with van der Waals surface area (Å²) in [5.41, 5.74) is -0.359. The molecular weight excluding hydrogens is 367 g/mol. The van der Waals surface area contributed by atoms with Gasteiger partial charge in [-0.2, -0.15) is 13.2 Å². The van der Waals surface area contributed by atoms with Gasteiger partial charge in [0.15, 0.2) is 6.10 Å². The predicted octanol–water partition coefficient (Wildman–Crippen LogP) is 5.33. The molecule has 1 unspecified atom stereocenters. The van der Waals surface area contributed by atoms with Crippen molar-refractivity contribution in [2.75, 3.05) is 0 Å². The molecule has 0 radical (unpaired) electrons. The van der Waals surface area contributed by atoms with E-state index in [1.165, 1.54) is 6.07 Å². The Morgan fingerprint density at radius 1 is 1.00 bits per heavy atom. The third kappa shape index (κ3) is 4.82. The topological polar surface area (TPSA) is 38.3 Å². The third-order valence-corrected chi connectivity index (χ3v) is 4.38. The van der Waals surface area contributed by atoms with E-state index in [0.717, 1.165) is 22.9 Å². The van der Waals surface area contributed by atoms with Gasteiger partial charge in [-0.05, 0) is 47.0 Å². The van der Waals surface area contributed by atoms with Crippen molar-refractivity contribution >= 4 is 16.7 Å². The molecule has 0 saturated carbocycles. The molecule has 0 fully saturated rings. The highest BCUT2D eigenvalue weighted by molar-refractivity contribution is 5.84. The Labute approximate surface area is 161 Å². The lowest BCUT2D eigenvalue weighted by molar-refractivity contribution is -0.137. The van der Waals surface area contributed by atoms with Crippen molar-refractivity contribution in [2.24, 2.45) is 0 Å². The molecule has 0 aliphatic carbocycles. The van der Waals surface area contributed by atoms with E-state index in [1.54, 1.807) is 12.1 Å². The smallest absolute Gasteiger partial charge is 0.416 e. The van der Waals surface area contributed by atoms with Gasteiger partial charge in [-0.3, -0.25) is 4.79 Å². The van der Waals surface area contributed by atoms with Crippen molar-refractivity contribution in [1.82, 2.24) is 5.32 Å². The standard InChI is InChI=1S/C22H20F3NO2/c1-2-20(28-19-11-10-16-7-3-4-8-17(16)13-19)21(27)26-14-15-6-5-9-18(12-15)22(23,24)25/h3-13,20H,2,14H2,1H3,(H,26,27). The van der Waals surface area contributed by atoms with Crippen molar-refractivity contribution < 1.29 is 22.7 Å². The summed E-state index contributed by atoms with van der Waals surface area (Å²) in [7, 11) is 0. The van der Waals surface area contributed by atoms with Gasteiger partial charge >= 0.3 is 6.18 Å². The monoisotopic (exact) mass is 387 g/mol. The number of hydrogen-bond donors (Lipinski definition) is 1. The van der Waals surface area contributed by atoms with Crippen LogP contribution in [0, 0.1) is 0 Å². The van der Waals surface area contributed by atoms with E-state index in [9.17, 15) is 18.0 Å². The summed E-state index contributed by atoms with van der Waals surface area (Å²) >= 11 is 0. The zero-order chi connectivity index (χ0) is 20.1. The van der Waals surface area contributed by atoms with Crippen molar-refractivity contribution in [3.8, 4) is 5.75 Å². The van der Waals surface area contributed by atoms with Gasteiger partial charge in [0, 0.05) is 6.54 Å². The van der Waals surface area contributed by atoms with Crippen LogP contribution in [-0.2, 0) is 17.5 Å². The number of alkyl halides is 3. The van der Waals surface area contributed by atoms with E-state index in [-0.39, 0.29) is 12.5 Å². The molecule has 0 heterocycles. The van der Waals surface area contributed by atoms with Gasteiger partial charge in [-0.15, -0.1) is 0 Å². The van der Waals surface area contributed by atoms with E-state index in [2.05, 4.69) is 5.32 Å². The summed E-state index contributed by atoms with van der Waals surface area (Å²) in [6.45, 7) is 1.82. The number of hydrogen-bond acceptors (Lipinski definition) is 2. The van der Waals surface area contributed by atoms with Crippen LogP contribution in [0.4, 0.5) is 13.2 Å². The molecule has 3 rings (SSSR count). The molecule has 3 aromatic carbocycles. The lowest BCUT2D eigenvalue weighted by atomic mass is 10.1. The Hall–Kier alpha value is -3.02. The second kappa shape index (κ2) is 8.33. The maximum Gasteiger partial charge on any atom is 0.416 e. The van der Waals surface area contributed by atoms with Crippen molar-refractivity contribution in [1.29, 1.82) is 0 Å². The number of carbonyl (C=O) groups excluding carboxylic acids is 1. The summed E-state index contributed by atoms with van der Waals surface area (Å²) in [6, 6.07) is 18.3. The maximum atomic E-state index is 12.8. The largest absolute Gasteiger partial charge is 0.481 e. The zero-order valence-corrected chi connectivity index (χ0v) is 15.3. The van der Waals surface area contributed by atoms with Crippen LogP contribution < -0.4 is 10.1 Å². The van der Waals surface area contributed by atoms with Crippen molar-refractivity contribution in [2.45, 2.75) is 32.2 Å². The fourth-order valence-electron chi connectivity index (χ4n) is 2.89. The first-order valence-corrected chi connectivity index (χ1v) is 8.96. The lowest BCUT2D eigenvalue weighted by Gasteiger charge is -2.18. The van der Waals surface area contributed by atoms with E-state index in [0.29, 0.717) is 17.7 Å². The van der Waals surface area contributed by atoms with Gasteiger partial charge in [0.25, 0.3) is 5.91 Å². The highest BCUT2D eigenvalue weighted by atomic mass is 19.4. The Balaban J connectivity index is 1.65. The van der Waals surface area contributed by atoms with Crippen LogP contribution in [0.2, 0.25) is 0 Å². The number of ether oxygens (including phenoxy) is 1. The first-order valence-electron chi connectivity index (χ1n) is 8.96. The molecule has 1 atom stereocenters. The van der Waals surface area contributed by atoms with Gasteiger partial charge in [-0.1, -0.05) is 49.4 Å². The van der Waals surface area contributed by atoms with E-state index in [1.807, 2.05) is 43.3 Å². The highest BCUT2D eigenvalue weighted by Crippen LogP contribution is 2.29. The summed E-state index contributed by atoms with van der Waals surface area (Å²) < 4.78 is 44.2. The molecule has 146 valence electrons. The predicted molar refractivity (Wildman–Crippen MR) is 102 cm³/mol. The van der Waals surface area contributed by atoms with Crippen LogP contribution in [-0.4, -0.2) is 12.0 Å². The molecule has 0 bridgehead atoms. The number of nitrogens with one attached hydrogen (secondary N) is 1. The molecule has 28 heavy (non-hydrogen) atoms. The van der Waals surface area contributed by atoms with Crippen LogP contribution in [0.15, 0.2) is 66.7 Å². The molecule has 1 N–H and O–H groups in total. The first kappa shape index (κ1) is 19.7. The quantitative estimate of drug-likeness (QED) is 0.621. The molecule has 3 aromatic rings. The van der Waals surface area contributed by atoms with Gasteiger partial charge in [0.05, 0.1) is 5.56 Å². The molecule has 3 nitrogen and oxygen atoms in total. The summed E-state index contributed by atoms with van der Waals surface area (Å²) in [4.78, 5) is 12.4. The average Bonchev–Trinajstić information content (AvgIpc) is 2.69. The Bertz CT molecular complexity index is 969. The fraction of sp³-hybridized carbons (Fsp3) is 0.227. The summed E-state index contributed by atoms with van der Waals surface area (Å²) in [5.74, 6) is 0.202. The highest BCUT2D eigenvalue weighted by Gasteiger charge is 2.30. The van der Waals surface area contributed by atoms with Gasteiger partial charge < -0.3 is 10.1 Å². The molecule has 0 spiro atoms. The molecule has 0 aliphatic heterocycles. The normalized spacial score (nSPS) is 12.6. The Kier molecular flexibility index (Phi) is 5.87. The zero-order valence-electron chi connectivity index (χ0n) is 15.3. The van der Waals surface area contributed by atoms with E-state index < -0.39 is 17.8 Å². The molecule has 1 amide bonds. The molecule has 0 aliphatic rings. The average molecular weight is 387 g/mol. The number of halogens is 3. The summed E-state index contributed by atoms with van der Waals surface area (Å²) in [5, 5.41) is 4.72. The van der Waals surface area contributed by atoms with E-state index >= 15 is 0 Å². The minimum atomic E-state index is -4.41. The van der Waals surface area contributed by atoms with Gasteiger partial charge in [0.2, 0.25) is 0 Å². The van der Waals surface area contributed by atoms with Gasteiger partial charge in [0.1, 0.15) is 5.75 Å². The van der Waals surface area contributed by atoms with Crippen LogP contribution in [0.3, 0.4) is 0 Å². The van der Waals surface area contributed by atoms with E-state index in [4.69, 9.17) is 4.74 Å². The molecule has 6 heteroatoms. The molecule has 0 aromatic heterocycles. The van der Waals surface area contributed by atoms with Crippen LogP contribution in [0.5, 0.6) is 5.75 Å². The summed E-state index contributed by atoms with van der Waals surface area (Å²) in [6.07, 6.45) is -4.71. The van der Waals surface area contributed by atoms with Gasteiger partial charge in [-0.25, -0.2) is 0 Å². The van der Waals surface area contributed by atoms with Crippen LogP contribution in [0.1, 0.15) is 24.5 Å². The number of carbonyl (C=O) groups is 1. The number of benzene rings is 3. The number of fused-ring (bicyclic) bond motifs is 1. The minimum absolute atomic E-state index is 0.000331. The number of amides is 1. The Morgan fingerprint density at radius 3 is 2.46 bits per heavy atom. The Morgan fingerprint density at radius 2 is 1.75 bits per heavy atom. The first-order chi connectivity index (χ1) is 13.4. The maximum absolute atomic E-state index is 12.8. The van der Waals surface area contributed by atoms with Crippen LogP contribution >= 0.6 is 0 Å². The lowest BCUT2D eigenvalue weighted by Crippen LogP contribution is -2.37. The second-order valence-corrected chi connectivity index (χ2v) is 6.44. The molecular formula is C22H20F3NO2. The van der Waals surface area contributed by atoms with Crippen molar-refractivity contribution in [3.63, 3.8) is 0 Å². The fourth-order valence-corrected chi connectivity index (χ4v) is 2.89. The SMILES string of the molecule is CCC(Oc1ccc2ccccc2c1)C(=O)NCc1cccc(C(F)(F)F)c1. The number of rotatable bonds is 6. The minimum Gasteiger partial charge on any atom is -0.481 e. The second-order valence-electron chi connectivity index (χ2n) is 6.44. The molecule has 0 saturated heterocycles. The van der Waals surface area contributed by atoms with Crippen molar-refractivity contribution in [3.05, 3.63) is 77.9 Å². The third-order valence-electron chi connectivity index (χ3n) is 4.38.